The van der Waals surface area contributed by atoms with Gasteiger partial charge in [0.1, 0.15) is 0 Å². The van der Waals surface area contributed by atoms with E-state index >= 15 is 0 Å². The maximum Gasteiger partial charge on any atom is 0.214 e. The van der Waals surface area contributed by atoms with Crippen molar-refractivity contribution in [2.24, 2.45) is 0 Å². The normalized spacial score (nSPS) is 11.7. The summed E-state index contributed by atoms with van der Waals surface area (Å²) >= 11 is 1.34. The molecule has 3 rings (SSSR count). The van der Waals surface area contributed by atoms with Crippen LogP contribution in [0.5, 0.6) is 0 Å². The van der Waals surface area contributed by atoms with Gasteiger partial charge in [-0.25, -0.2) is 8.42 Å². The molecule has 0 atom stereocenters. The Kier molecular flexibility index (Phi) is 5.67. The number of tetrazole rings is 1. The number of hydrogen-bond acceptors (Lipinski definition) is 6. The third-order valence-corrected chi connectivity index (χ3v) is 7.54. The van der Waals surface area contributed by atoms with Crippen LogP contribution in [0.2, 0.25) is 0 Å². The highest BCUT2D eigenvalue weighted by atomic mass is 32.2. The maximum atomic E-state index is 12.7. The Labute approximate surface area is 163 Å². The molecular weight excluding hydrogens is 380 g/mol. The average Bonchev–Trinajstić information content (AvgIpc) is 3.07. The minimum absolute atomic E-state index is 0.0294. The van der Waals surface area contributed by atoms with Crippen molar-refractivity contribution in [2.75, 3.05) is 11.5 Å². The van der Waals surface area contributed by atoms with E-state index in [4.69, 9.17) is 0 Å². The van der Waals surface area contributed by atoms with Gasteiger partial charge in [0.2, 0.25) is 5.16 Å². The monoisotopic (exact) mass is 402 g/mol. The highest BCUT2D eigenvalue weighted by Crippen LogP contribution is 2.24. The second kappa shape index (κ2) is 7.82. The van der Waals surface area contributed by atoms with Gasteiger partial charge in [-0.2, -0.15) is 4.68 Å². The molecule has 0 fully saturated rings. The molecule has 27 heavy (non-hydrogen) atoms. The van der Waals surface area contributed by atoms with E-state index in [1.54, 1.807) is 10.7 Å². The number of thioether (sulfide) groups is 1. The molecule has 1 aromatic heterocycles. The standard InChI is InChI=1S/C19H22N4O2S2/c1-13-8-9-15(3)18(12-13)27(24,25)11-10-26-19-20-21-22-23(19)17-7-5-6-14(2)16(17)4/h5-9,12H,10-11H2,1-4H3. The molecule has 0 radical (unpaired) electrons. The third kappa shape index (κ3) is 4.22. The molecule has 0 saturated heterocycles. The predicted octanol–water partition coefficient (Wildman–Crippen LogP) is 3.46. The van der Waals surface area contributed by atoms with Crippen molar-refractivity contribution in [1.29, 1.82) is 0 Å². The molecule has 0 aliphatic rings. The minimum atomic E-state index is -3.36. The minimum Gasteiger partial charge on any atom is -0.224 e. The SMILES string of the molecule is Cc1ccc(C)c(S(=O)(=O)CCSc2nnnn2-c2cccc(C)c2C)c1. The molecule has 0 amide bonds. The van der Waals surface area contributed by atoms with Crippen molar-refractivity contribution in [3.05, 3.63) is 58.7 Å². The third-order valence-electron chi connectivity index (χ3n) is 4.51. The Bertz CT molecular complexity index is 1080. The number of aryl methyl sites for hydroxylation is 3. The first kappa shape index (κ1) is 19.6. The van der Waals surface area contributed by atoms with Gasteiger partial charge in [0.05, 0.1) is 16.3 Å². The van der Waals surface area contributed by atoms with Crippen LogP contribution in [0.1, 0.15) is 22.3 Å². The summed E-state index contributed by atoms with van der Waals surface area (Å²) in [5.41, 5.74) is 4.85. The zero-order valence-electron chi connectivity index (χ0n) is 15.8. The molecule has 0 aliphatic heterocycles. The van der Waals surface area contributed by atoms with E-state index in [-0.39, 0.29) is 5.75 Å². The molecule has 1 heterocycles. The first-order valence-corrected chi connectivity index (χ1v) is 11.2. The number of aromatic nitrogens is 4. The van der Waals surface area contributed by atoms with E-state index in [1.165, 1.54) is 11.8 Å². The molecule has 8 heteroatoms. The molecular formula is C19H22N4O2S2. The topological polar surface area (TPSA) is 77.7 Å². The first-order valence-electron chi connectivity index (χ1n) is 8.57. The summed E-state index contributed by atoms with van der Waals surface area (Å²) in [5.74, 6) is 0.405. The number of nitrogens with zero attached hydrogens (tertiary/aromatic N) is 4. The van der Waals surface area contributed by atoms with Gasteiger partial charge in [0, 0.05) is 5.75 Å². The van der Waals surface area contributed by atoms with Crippen molar-refractivity contribution in [3.8, 4) is 5.69 Å². The molecule has 3 aromatic rings. The molecule has 0 saturated carbocycles. The lowest BCUT2D eigenvalue weighted by atomic mass is 10.1. The maximum absolute atomic E-state index is 12.7. The average molecular weight is 403 g/mol. The van der Waals surface area contributed by atoms with Crippen LogP contribution in [0, 0.1) is 27.7 Å². The smallest absolute Gasteiger partial charge is 0.214 e. The zero-order valence-corrected chi connectivity index (χ0v) is 17.4. The fourth-order valence-corrected chi connectivity index (χ4v) is 5.67. The van der Waals surface area contributed by atoms with Gasteiger partial charge in [-0.1, -0.05) is 36.0 Å². The Morgan fingerprint density at radius 1 is 1.04 bits per heavy atom. The summed E-state index contributed by atoms with van der Waals surface area (Å²) in [7, 11) is -3.36. The fourth-order valence-electron chi connectivity index (χ4n) is 2.78. The van der Waals surface area contributed by atoms with Crippen molar-refractivity contribution in [1.82, 2.24) is 20.2 Å². The van der Waals surface area contributed by atoms with Crippen LogP contribution in [-0.2, 0) is 9.84 Å². The van der Waals surface area contributed by atoms with Gasteiger partial charge < -0.3 is 0 Å². The van der Waals surface area contributed by atoms with Crippen LogP contribution < -0.4 is 0 Å². The van der Waals surface area contributed by atoms with E-state index < -0.39 is 9.84 Å². The molecule has 0 aliphatic carbocycles. The highest BCUT2D eigenvalue weighted by Gasteiger charge is 2.19. The van der Waals surface area contributed by atoms with E-state index in [1.807, 2.05) is 58.0 Å². The lowest BCUT2D eigenvalue weighted by Crippen LogP contribution is -2.11. The largest absolute Gasteiger partial charge is 0.224 e. The zero-order chi connectivity index (χ0) is 19.6. The van der Waals surface area contributed by atoms with Crippen molar-refractivity contribution in [3.63, 3.8) is 0 Å². The Hall–Kier alpha value is -2.19. The van der Waals surface area contributed by atoms with Gasteiger partial charge in [0.15, 0.2) is 9.84 Å². The van der Waals surface area contributed by atoms with Gasteiger partial charge in [0.25, 0.3) is 0 Å². The Morgan fingerprint density at radius 3 is 2.59 bits per heavy atom. The lowest BCUT2D eigenvalue weighted by Gasteiger charge is -2.10. The molecule has 6 nitrogen and oxygen atoms in total. The summed E-state index contributed by atoms with van der Waals surface area (Å²) in [5, 5.41) is 12.5. The predicted molar refractivity (Wildman–Crippen MR) is 107 cm³/mol. The summed E-state index contributed by atoms with van der Waals surface area (Å²) in [4.78, 5) is 0.400. The van der Waals surface area contributed by atoms with Crippen LogP contribution in [0.25, 0.3) is 5.69 Å². The first-order chi connectivity index (χ1) is 12.8. The Balaban J connectivity index is 1.76. The molecule has 2 aromatic carbocycles. The van der Waals surface area contributed by atoms with Gasteiger partial charge >= 0.3 is 0 Å². The second-order valence-electron chi connectivity index (χ2n) is 6.53. The molecule has 0 spiro atoms. The van der Waals surface area contributed by atoms with E-state index in [9.17, 15) is 8.42 Å². The highest BCUT2D eigenvalue weighted by molar-refractivity contribution is 8.00. The van der Waals surface area contributed by atoms with E-state index in [0.717, 1.165) is 27.9 Å². The second-order valence-corrected chi connectivity index (χ2v) is 9.67. The van der Waals surface area contributed by atoms with Gasteiger partial charge in [-0.05, 0) is 72.5 Å². The van der Waals surface area contributed by atoms with Crippen molar-refractivity contribution < 1.29 is 8.42 Å². The van der Waals surface area contributed by atoms with Crippen LogP contribution >= 0.6 is 11.8 Å². The van der Waals surface area contributed by atoms with Gasteiger partial charge in [-0.15, -0.1) is 5.10 Å². The number of hydrogen-bond donors (Lipinski definition) is 0. The van der Waals surface area contributed by atoms with Gasteiger partial charge in [-0.3, -0.25) is 0 Å². The number of rotatable bonds is 6. The van der Waals surface area contributed by atoms with E-state index in [2.05, 4.69) is 15.5 Å². The summed E-state index contributed by atoms with van der Waals surface area (Å²) < 4.78 is 27.1. The van der Waals surface area contributed by atoms with Crippen LogP contribution in [0.15, 0.2) is 46.5 Å². The van der Waals surface area contributed by atoms with Crippen LogP contribution in [-0.4, -0.2) is 40.1 Å². The number of sulfone groups is 1. The van der Waals surface area contributed by atoms with Crippen LogP contribution in [0.4, 0.5) is 0 Å². The fraction of sp³-hybridized carbons (Fsp3) is 0.316. The molecule has 0 bridgehead atoms. The van der Waals surface area contributed by atoms with Crippen LogP contribution in [0.3, 0.4) is 0 Å². The quantitative estimate of drug-likeness (QED) is 0.588. The summed E-state index contributed by atoms with van der Waals surface area (Å²) in [6, 6.07) is 11.4. The number of benzene rings is 2. The van der Waals surface area contributed by atoms with E-state index in [0.29, 0.717) is 15.8 Å². The molecule has 0 N–H and O–H groups in total. The molecule has 142 valence electrons. The summed E-state index contributed by atoms with van der Waals surface area (Å²) in [6.07, 6.45) is 0. The summed E-state index contributed by atoms with van der Waals surface area (Å²) in [6.45, 7) is 7.77. The Morgan fingerprint density at radius 2 is 1.81 bits per heavy atom. The lowest BCUT2D eigenvalue weighted by molar-refractivity contribution is 0.597. The van der Waals surface area contributed by atoms with Crippen molar-refractivity contribution >= 4 is 21.6 Å². The molecule has 0 unspecified atom stereocenters. The van der Waals surface area contributed by atoms with Crippen molar-refractivity contribution in [2.45, 2.75) is 37.7 Å².